The molecule has 0 aromatic heterocycles. The van der Waals surface area contributed by atoms with Gasteiger partial charge in [-0.2, -0.15) is 0 Å². The number of nitrogens with two attached hydrogens (primary N) is 1. The van der Waals surface area contributed by atoms with Crippen LogP contribution < -0.4 is 5.73 Å². The molecule has 0 atom stereocenters. The Morgan fingerprint density at radius 3 is 2.53 bits per heavy atom. The van der Waals surface area contributed by atoms with Crippen molar-refractivity contribution in [3.63, 3.8) is 0 Å². The predicted octanol–water partition coefficient (Wildman–Crippen LogP) is 0.328. The molecule has 2 rings (SSSR count). The van der Waals surface area contributed by atoms with Crippen molar-refractivity contribution < 1.29 is 9.84 Å². The van der Waals surface area contributed by atoms with Gasteiger partial charge in [0.15, 0.2) is 5.96 Å². The first kappa shape index (κ1) is 12.6. The molecular weight excluding hydrogens is 218 g/mol. The monoisotopic (exact) mass is 241 g/mol. The van der Waals surface area contributed by atoms with Gasteiger partial charge in [-0.15, -0.1) is 0 Å². The van der Waals surface area contributed by atoms with Crippen LogP contribution in [0.15, 0.2) is 4.99 Å². The van der Waals surface area contributed by atoms with Gasteiger partial charge in [-0.25, -0.2) is 0 Å². The van der Waals surface area contributed by atoms with Crippen molar-refractivity contribution in [3.8, 4) is 0 Å². The van der Waals surface area contributed by atoms with Crippen molar-refractivity contribution in [1.82, 2.24) is 4.90 Å². The quantitative estimate of drug-likeness (QED) is 0.540. The number of rotatable bonds is 2. The molecule has 0 aromatic carbocycles. The Morgan fingerprint density at radius 2 is 1.88 bits per heavy atom. The van der Waals surface area contributed by atoms with E-state index in [-0.39, 0.29) is 0 Å². The van der Waals surface area contributed by atoms with E-state index < -0.39 is 5.60 Å². The minimum atomic E-state index is -0.710. The second-order valence-corrected chi connectivity index (χ2v) is 5.06. The van der Waals surface area contributed by atoms with Crippen molar-refractivity contribution in [2.75, 3.05) is 32.8 Å². The predicted molar refractivity (Wildman–Crippen MR) is 66.9 cm³/mol. The first-order valence-electron chi connectivity index (χ1n) is 6.55. The Kier molecular flexibility index (Phi) is 4.23. The third-order valence-electron chi connectivity index (χ3n) is 3.64. The Morgan fingerprint density at radius 1 is 1.24 bits per heavy atom. The maximum atomic E-state index is 10.3. The highest BCUT2D eigenvalue weighted by molar-refractivity contribution is 5.78. The average molecular weight is 241 g/mol. The van der Waals surface area contributed by atoms with E-state index in [9.17, 15) is 5.11 Å². The lowest BCUT2D eigenvalue weighted by Crippen LogP contribution is -2.43. The van der Waals surface area contributed by atoms with Gasteiger partial charge in [-0.3, -0.25) is 4.99 Å². The van der Waals surface area contributed by atoms with Crippen LogP contribution in [0, 0.1) is 0 Å². The lowest BCUT2D eigenvalue weighted by molar-refractivity contribution is -0.0566. The molecule has 2 fully saturated rings. The summed E-state index contributed by atoms with van der Waals surface area (Å²) >= 11 is 0. The van der Waals surface area contributed by atoms with E-state index in [0.717, 1.165) is 13.1 Å². The summed E-state index contributed by atoms with van der Waals surface area (Å²) in [7, 11) is 0. The zero-order valence-electron chi connectivity index (χ0n) is 10.4. The number of piperidine rings is 1. The third kappa shape index (κ3) is 3.57. The van der Waals surface area contributed by atoms with E-state index >= 15 is 0 Å². The SMILES string of the molecule is NC(=NCC1(O)CCOCC1)N1CCCCC1. The van der Waals surface area contributed by atoms with Crippen LogP contribution in [0.25, 0.3) is 0 Å². The van der Waals surface area contributed by atoms with Gasteiger partial charge in [0, 0.05) is 39.1 Å². The van der Waals surface area contributed by atoms with Crippen LogP contribution in [0.3, 0.4) is 0 Å². The molecule has 0 spiro atoms. The van der Waals surface area contributed by atoms with E-state index in [2.05, 4.69) is 9.89 Å². The fourth-order valence-corrected chi connectivity index (χ4v) is 2.36. The van der Waals surface area contributed by atoms with Crippen molar-refractivity contribution in [3.05, 3.63) is 0 Å². The molecule has 2 aliphatic heterocycles. The van der Waals surface area contributed by atoms with E-state index in [1.807, 2.05) is 0 Å². The van der Waals surface area contributed by atoms with Crippen molar-refractivity contribution in [2.24, 2.45) is 10.7 Å². The minimum absolute atomic E-state index is 0.401. The van der Waals surface area contributed by atoms with Gasteiger partial charge in [0.05, 0.1) is 12.1 Å². The summed E-state index contributed by atoms with van der Waals surface area (Å²) in [6.07, 6.45) is 4.97. The molecule has 0 radical (unpaired) electrons. The van der Waals surface area contributed by atoms with Gasteiger partial charge in [-0.1, -0.05) is 0 Å². The van der Waals surface area contributed by atoms with E-state index in [1.54, 1.807) is 0 Å². The molecule has 0 aromatic rings. The molecule has 17 heavy (non-hydrogen) atoms. The summed E-state index contributed by atoms with van der Waals surface area (Å²) < 4.78 is 5.24. The maximum Gasteiger partial charge on any atom is 0.191 e. The largest absolute Gasteiger partial charge is 0.388 e. The lowest BCUT2D eigenvalue weighted by atomic mass is 9.95. The van der Waals surface area contributed by atoms with Crippen LogP contribution in [-0.4, -0.2) is 54.4 Å². The lowest BCUT2D eigenvalue weighted by Gasteiger charge is -2.32. The molecule has 2 heterocycles. The summed E-state index contributed by atoms with van der Waals surface area (Å²) in [6, 6.07) is 0. The van der Waals surface area contributed by atoms with Gasteiger partial charge in [0.25, 0.3) is 0 Å². The molecule has 0 aliphatic carbocycles. The first-order chi connectivity index (χ1) is 8.20. The molecule has 98 valence electrons. The van der Waals surface area contributed by atoms with Crippen LogP contribution in [0.5, 0.6) is 0 Å². The topological polar surface area (TPSA) is 71.1 Å². The smallest absolute Gasteiger partial charge is 0.191 e. The average Bonchev–Trinajstić information content (AvgIpc) is 2.38. The molecule has 2 aliphatic rings. The van der Waals surface area contributed by atoms with Crippen molar-refractivity contribution in [2.45, 2.75) is 37.7 Å². The van der Waals surface area contributed by atoms with Crippen LogP contribution in [-0.2, 0) is 4.74 Å². The number of aliphatic hydroxyl groups is 1. The summed E-state index contributed by atoms with van der Waals surface area (Å²) in [5.74, 6) is 0.588. The van der Waals surface area contributed by atoms with E-state index in [4.69, 9.17) is 10.5 Å². The molecule has 2 saturated heterocycles. The van der Waals surface area contributed by atoms with Crippen molar-refractivity contribution >= 4 is 5.96 Å². The number of hydrogen-bond donors (Lipinski definition) is 2. The highest BCUT2D eigenvalue weighted by Crippen LogP contribution is 2.20. The standard InChI is InChI=1S/C12H23N3O2/c13-11(15-6-2-1-3-7-15)14-10-12(16)4-8-17-9-5-12/h16H,1-10H2,(H2,13,14). The maximum absolute atomic E-state index is 10.3. The normalized spacial score (nSPS) is 25.9. The number of guanidine groups is 1. The highest BCUT2D eigenvalue weighted by atomic mass is 16.5. The summed E-state index contributed by atoms with van der Waals surface area (Å²) in [6.45, 7) is 3.64. The highest BCUT2D eigenvalue weighted by Gasteiger charge is 2.29. The zero-order chi connectivity index (χ0) is 12.1. The first-order valence-corrected chi connectivity index (χ1v) is 6.55. The Bertz CT molecular complexity index is 269. The number of hydrogen-bond acceptors (Lipinski definition) is 3. The van der Waals surface area contributed by atoms with Crippen LogP contribution in [0.1, 0.15) is 32.1 Å². The second kappa shape index (κ2) is 5.69. The number of nitrogens with zero attached hydrogens (tertiary/aromatic N) is 2. The van der Waals surface area contributed by atoms with Gasteiger partial charge in [-0.05, 0) is 19.3 Å². The molecule has 0 saturated carbocycles. The molecule has 0 amide bonds. The Balaban J connectivity index is 1.85. The molecule has 5 heteroatoms. The van der Waals surface area contributed by atoms with E-state index in [1.165, 1.54) is 19.3 Å². The summed E-state index contributed by atoms with van der Waals surface area (Å²) in [4.78, 5) is 6.48. The fraction of sp³-hybridized carbons (Fsp3) is 0.917. The molecule has 3 N–H and O–H groups in total. The summed E-state index contributed by atoms with van der Waals surface area (Å²) in [5, 5.41) is 10.3. The van der Waals surface area contributed by atoms with Crippen LogP contribution in [0.4, 0.5) is 0 Å². The van der Waals surface area contributed by atoms with E-state index in [0.29, 0.717) is 38.6 Å². The number of aliphatic imine (C=N–C) groups is 1. The molecule has 0 unspecified atom stereocenters. The number of likely N-dealkylation sites (tertiary alicyclic amines) is 1. The third-order valence-corrected chi connectivity index (χ3v) is 3.64. The molecular formula is C12H23N3O2. The zero-order valence-corrected chi connectivity index (χ0v) is 10.4. The van der Waals surface area contributed by atoms with Gasteiger partial charge < -0.3 is 20.5 Å². The summed E-state index contributed by atoms with van der Waals surface area (Å²) in [5.41, 5.74) is 5.25. The Labute approximate surface area is 103 Å². The fourth-order valence-electron chi connectivity index (χ4n) is 2.36. The van der Waals surface area contributed by atoms with Gasteiger partial charge in [0.1, 0.15) is 0 Å². The molecule has 5 nitrogen and oxygen atoms in total. The van der Waals surface area contributed by atoms with Crippen LogP contribution >= 0.6 is 0 Å². The van der Waals surface area contributed by atoms with Crippen molar-refractivity contribution in [1.29, 1.82) is 0 Å². The Hall–Kier alpha value is -0.810. The van der Waals surface area contributed by atoms with Gasteiger partial charge in [0.2, 0.25) is 0 Å². The van der Waals surface area contributed by atoms with Gasteiger partial charge >= 0.3 is 0 Å². The second-order valence-electron chi connectivity index (χ2n) is 5.06. The molecule has 0 bridgehead atoms. The number of ether oxygens (including phenoxy) is 1. The van der Waals surface area contributed by atoms with Crippen LogP contribution in [0.2, 0.25) is 0 Å². The minimum Gasteiger partial charge on any atom is -0.388 e.